The summed E-state index contributed by atoms with van der Waals surface area (Å²) in [6, 6.07) is 26.9. The molecule has 4 rings (SSSR count). The van der Waals surface area contributed by atoms with Crippen molar-refractivity contribution >= 4 is 23.7 Å². The lowest BCUT2D eigenvalue weighted by Crippen LogP contribution is -2.42. The molecule has 58 heavy (non-hydrogen) atoms. The van der Waals surface area contributed by atoms with E-state index < -0.39 is 17.9 Å². The van der Waals surface area contributed by atoms with Gasteiger partial charge in [0.25, 0.3) is 5.91 Å². The number of carboxylic acid groups (broad SMARTS) is 1. The Morgan fingerprint density at radius 3 is 1.91 bits per heavy atom. The van der Waals surface area contributed by atoms with Gasteiger partial charge in [-0.05, 0) is 56.2 Å². The van der Waals surface area contributed by atoms with E-state index in [1.165, 1.54) is 38.5 Å². The van der Waals surface area contributed by atoms with Crippen LogP contribution in [0.4, 0.5) is 0 Å². The second-order valence-electron chi connectivity index (χ2n) is 14.8. The van der Waals surface area contributed by atoms with Gasteiger partial charge in [0, 0.05) is 43.6 Å². The average molecular weight is 791 g/mol. The lowest BCUT2D eigenvalue weighted by atomic mass is 10.1. The number of unbranched alkanes of at least 4 members (excludes halogenated alkanes) is 11. The third kappa shape index (κ3) is 16.5. The van der Waals surface area contributed by atoms with Gasteiger partial charge in [-0.15, -0.1) is 0 Å². The Balaban J connectivity index is 1.22. The molecule has 3 N–H and O–H groups in total. The van der Waals surface area contributed by atoms with Crippen LogP contribution in [0.25, 0.3) is 22.8 Å². The van der Waals surface area contributed by atoms with E-state index >= 15 is 0 Å². The van der Waals surface area contributed by atoms with E-state index in [2.05, 4.69) is 34.7 Å². The monoisotopic (exact) mass is 790 g/mol. The molecule has 4 aromatic rings. The fourth-order valence-corrected chi connectivity index (χ4v) is 6.75. The fraction of sp³-hybridized carbons (Fsp3) is 0.438. The van der Waals surface area contributed by atoms with E-state index in [0.29, 0.717) is 23.6 Å². The van der Waals surface area contributed by atoms with Crippen LogP contribution in [0.2, 0.25) is 0 Å². The summed E-state index contributed by atoms with van der Waals surface area (Å²) in [4.78, 5) is 58.1. The van der Waals surface area contributed by atoms with E-state index in [1.54, 1.807) is 4.90 Å². The Hall–Kier alpha value is -5.51. The quantitative estimate of drug-likeness (QED) is 0.0384. The number of carboxylic acids is 1. The zero-order valence-electron chi connectivity index (χ0n) is 34.2. The first-order valence-electron chi connectivity index (χ1n) is 21.2. The SMILES string of the molecule is CCCCCCCC/C=C\CCCCCCCC(=O)NC(CCC(=O)N(CCNC(=O)c1nc(-c2ccccc2)oc1-c1ccccc1)Cc1ccccc1)C(=O)O. The maximum absolute atomic E-state index is 13.6. The van der Waals surface area contributed by atoms with Crippen molar-refractivity contribution in [1.82, 2.24) is 20.5 Å². The molecular weight excluding hydrogens is 729 g/mol. The largest absolute Gasteiger partial charge is 0.480 e. The van der Waals surface area contributed by atoms with Gasteiger partial charge in [0.1, 0.15) is 6.04 Å². The molecule has 0 saturated carbocycles. The molecule has 1 heterocycles. The van der Waals surface area contributed by atoms with Crippen LogP contribution < -0.4 is 10.6 Å². The van der Waals surface area contributed by atoms with Gasteiger partial charge in [-0.25, -0.2) is 9.78 Å². The topological polar surface area (TPSA) is 142 Å². The van der Waals surface area contributed by atoms with E-state index in [4.69, 9.17) is 4.42 Å². The third-order valence-corrected chi connectivity index (χ3v) is 10.1. The molecule has 0 spiro atoms. The number of oxazole rings is 1. The van der Waals surface area contributed by atoms with Crippen molar-refractivity contribution < 1.29 is 28.7 Å². The summed E-state index contributed by atoms with van der Waals surface area (Å²) in [5, 5.41) is 15.4. The van der Waals surface area contributed by atoms with Gasteiger partial charge in [-0.3, -0.25) is 14.4 Å². The van der Waals surface area contributed by atoms with E-state index in [0.717, 1.165) is 49.7 Å². The number of carbonyl (C=O) groups is 4. The van der Waals surface area contributed by atoms with Crippen LogP contribution >= 0.6 is 0 Å². The summed E-state index contributed by atoms with van der Waals surface area (Å²) in [5.74, 6) is -1.57. The number of nitrogens with one attached hydrogen (secondary N) is 2. The molecule has 10 heteroatoms. The fourth-order valence-electron chi connectivity index (χ4n) is 6.75. The average Bonchev–Trinajstić information content (AvgIpc) is 3.70. The number of amides is 3. The normalized spacial score (nSPS) is 11.7. The van der Waals surface area contributed by atoms with Crippen LogP contribution in [0.3, 0.4) is 0 Å². The molecule has 0 saturated heterocycles. The molecule has 310 valence electrons. The summed E-state index contributed by atoms with van der Waals surface area (Å²) >= 11 is 0. The summed E-state index contributed by atoms with van der Waals surface area (Å²) in [7, 11) is 0. The molecule has 3 amide bonds. The van der Waals surface area contributed by atoms with Gasteiger partial charge in [0.05, 0.1) is 0 Å². The molecule has 0 radical (unpaired) electrons. The van der Waals surface area contributed by atoms with Crippen molar-refractivity contribution in [1.29, 1.82) is 0 Å². The Labute approximate surface area is 344 Å². The number of hydrogen-bond acceptors (Lipinski definition) is 6. The van der Waals surface area contributed by atoms with Crippen LogP contribution in [0, 0.1) is 0 Å². The van der Waals surface area contributed by atoms with Crippen LogP contribution in [0.1, 0.15) is 126 Å². The predicted molar refractivity (Wildman–Crippen MR) is 230 cm³/mol. The van der Waals surface area contributed by atoms with E-state index in [-0.39, 0.29) is 56.4 Å². The molecule has 0 aliphatic rings. The first-order valence-corrected chi connectivity index (χ1v) is 21.2. The number of nitrogens with zero attached hydrogens (tertiary/aromatic N) is 2. The van der Waals surface area contributed by atoms with Crippen LogP contribution in [-0.2, 0) is 20.9 Å². The highest BCUT2D eigenvalue weighted by molar-refractivity contribution is 5.98. The van der Waals surface area contributed by atoms with Crippen molar-refractivity contribution in [3.63, 3.8) is 0 Å². The molecule has 1 atom stereocenters. The third-order valence-electron chi connectivity index (χ3n) is 10.1. The number of hydrogen-bond donors (Lipinski definition) is 3. The Kier molecular flexibility index (Phi) is 20.6. The molecule has 3 aromatic carbocycles. The number of benzene rings is 3. The highest BCUT2D eigenvalue weighted by Crippen LogP contribution is 2.30. The predicted octanol–water partition coefficient (Wildman–Crippen LogP) is 10.2. The lowest BCUT2D eigenvalue weighted by Gasteiger charge is -2.24. The van der Waals surface area contributed by atoms with E-state index in [9.17, 15) is 24.3 Å². The molecule has 0 bridgehead atoms. The van der Waals surface area contributed by atoms with Gasteiger partial charge < -0.3 is 25.1 Å². The summed E-state index contributed by atoms with van der Waals surface area (Å²) in [6.45, 7) is 2.80. The zero-order chi connectivity index (χ0) is 41.2. The van der Waals surface area contributed by atoms with Gasteiger partial charge in [-0.2, -0.15) is 0 Å². The minimum absolute atomic E-state index is 0.0500. The van der Waals surface area contributed by atoms with Crippen LogP contribution in [-0.4, -0.2) is 57.8 Å². The smallest absolute Gasteiger partial charge is 0.326 e. The van der Waals surface area contributed by atoms with Crippen molar-refractivity contribution in [3.05, 3.63) is 114 Å². The first-order chi connectivity index (χ1) is 28.4. The van der Waals surface area contributed by atoms with Crippen molar-refractivity contribution in [3.8, 4) is 22.8 Å². The van der Waals surface area contributed by atoms with Crippen molar-refractivity contribution in [2.75, 3.05) is 13.1 Å². The molecule has 10 nitrogen and oxygen atoms in total. The van der Waals surface area contributed by atoms with Crippen molar-refractivity contribution in [2.45, 2.75) is 122 Å². The highest BCUT2D eigenvalue weighted by atomic mass is 16.4. The molecular formula is C48H62N4O6. The number of aromatic nitrogens is 1. The maximum Gasteiger partial charge on any atom is 0.326 e. The molecule has 0 fully saturated rings. The maximum atomic E-state index is 13.6. The molecule has 1 unspecified atom stereocenters. The number of rotatable bonds is 28. The van der Waals surface area contributed by atoms with Gasteiger partial charge in [-0.1, -0.05) is 149 Å². The minimum atomic E-state index is -1.18. The first kappa shape index (κ1) is 45.2. The molecule has 0 aliphatic carbocycles. The second kappa shape index (κ2) is 26.4. The van der Waals surface area contributed by atoms with Gasteiger partial charge in [0.15, 0.2) is 11.5 Å². The van der Waals surface area contributed by atoms with Crippen LogP contribution in [0.5, 0.6) is 0 Å². The lowest BCUT2D eigenvalue weighted by molar-refractivity contribution is -0.142. The number of carbonyl (C=O) groups excluding carboxylic acids is 3. The van der Waals surface area contributed by atoms with Crippen molar-refractivity contribution in [2.24, 2.45) is 0 Å². The second-order valence-corrected chi connectivity index (χ2v) is 14.8. The van der Waals surface area contributed by atoms with Crippen LogP contribution in [0.15, 0.2) is 108 Å². The number of aliphatic carboxylic acids is 1. The summed E-state index contributed by atoms with van der Waals surface area (Å²) in [6.07, 6.45) is 19.7. The Bertz CT molecular complexity index is 1830. The highest BCUT2D eigenvalue weighted by Gasteiger charge is 2.25. The Morgan fingerprint density at radius 2 is 1.29 bits per heavy atom. The van der Waals surface area contributed by atoms with Gasteiger partial charge in [0.2, 0.25) is 17.7 Å². The van der Waals surface area contributed by atoms with E-state index in [1.807, 2.05) is 91.0 Å². The molecule has 0 aliphatic heterocycles. The standard InChI is InChI=1S/C48H62N4O6/c1-2-3-4-5-6-7-8-9-10-11-12-13-14-15-25-32-42(53)50-41(48(56)57)33-34-43(54)52(37-38-26-19-16-20-27-38)36-35-49-46(55)44-45(39-28-21-17-22-29-39)58-47(51-44)40-30-23-18-24-31-40/h9-10,16-24,26-31,41H,2-8,11-15,25,32-37H2,1H3,(H,49,55)(H,50,53)(H,56,57)/b10-9-. The summed E-state index contributed by atoms with van der Waals surface area (Å²) in [5.41, 5.74) is 2.46. The number of allylic oxidation sites excluding steroid dienone is 2. The summed E-state index contributed by atoms with van der Waals surface area (Å²) < 4.78 is 6.10. The minimum Gasteiger partial charge on any atom is -0.480 e. The Morgan fingerprint density at radius 1 is 0.724 bits per heavy atom. The zero-order valence-corrected chi connectivity index (χ0v) is 34.2. The van der Waals surface area contributed by atoms with Gasteiger partial charge >= 0.3 is 5.97 Å². The molecule has 1 aromatic heterocycles.